The number of rotatable bonds is 1. The van der Waals surface area contributed by atoms with E-state index in [-0.39, 0.29) is 5.82 Å². The fourth-order valence-corrected chi connectivity index (χ4v) is 0.334. The average molecular weight is 101 g/mol. The third-order valence-corrected chi connectivity index (χ3v) is 0.617. The first-order valence-electron chi connectivity index (χ1n) is 4.35. The van der Waals surface area contributed by atoms with Gasteiger partial charge in [0.05, 0.1) is 0 Å². The smallest absolute Gasteiger partial charge is 0.105 e. The summed E-state index contributed by atoms with van der Waals surface area (Å²) in [4.78, 5) is 6.00. The second-order valence-electron chi connectivity index (χ2n) is 1.06. The van der Waals surface area contributed by atoms with E-state index < -0.39 is 13.2 Å². The van der Waals surface area contributed by atoms with E-state index in [4.69, 9.17) is 6.85 Å². The van der Waals surface area contributed by atoms with Gasteiger partial charge in [0.25, 0.3) is 0 Å². The van der Waals surface area contributed by atoms with E-state index in [1.165, 1.54) is 12.4 Å². The summed E-state index contributed by atoms with van der Waals surface area (Å²) in [6.45, 7) is -2.69. The maximum absolute atomic E-state index is 7.25. The molecule has 0 unspecified atom stereocenters. The number of aromatic nitrogens is 2. The van der Waals surface area contributed by atoms with Gasteiger partial charge in [0.1, 0.15) is 5.82 Å². The third-order valence-electron chi connectivity index (χ3n) is 0.617. The van der Waals surface area contributed by atoms with E-state index in [2.05, 4.69) is 9.97 Å². The Balaban J connectivity index is 3.02. The van der Waals surface area contributed by atoms with Crippen molar-refractivity contribution in [3.63, 3.8) is 0 Å². The molecule has 1 N–H and O–H groups in total. The van der Waals surface area contributed by atoms with Gasteiger partial charge >= 0.3 is 0 Å². The first-order valence-corrected chi connectivity index (χ1v) is 1.85. The summed E-state index contributed by atoms with van der Waals surface area (Å²) in [7, 11) is 0. The van der Waals surface area contributed by atoms with Crippen LogP contribution in [0.25, 0.3) is 0 Å². The Morgan fingerprint density at radius 3 is 3.86 bits per heavy atom. The molecule has 0 fully saturated rings. The Hall–Kier alpha value is -0.790. The molecule has 1 aromatic heterocycles. The second-order valence-corrected chi connectivity index (χ2v) is 1.06. The zero-order chi connectivity index (χ0) is 9.41. The van der Waals surface area contributed by atoms with Crippen molar-refractivity contribution in [1.29, 1.82) is 0 Å². The molecular formula is C5H8N2. The third kappa shape index (κ3) is 0.796. The van der Waals surface area contributed by atoms with E-state index in [0.29, 0.717) is 0 Å². The largest absolute Gasteiger partial charge is 0.349 e. The number of hydrogen-bond donors (Lipinski definition) is 1. The minimum atomic E-state index is -2.69. The first kappa shape index (κ1) is 1.34. The summed E-state index contributed by atoms with van der Waals surface area (Å²) in [6, 6.07) is 0. The van der Waals surface area contributed by atoms with E-state index in [1.807, 2.05) is 0 Å². The fourth-order valence-electron chi connectivity index (χ4n) is 0.334. The molecule has 0 aliphatic rings. The number of hydrogen-bond acceptors (Lipinski definition) is 1. The Bertz CT molecular complexity index is 249. The summed E-state index contributed by atoms with van der Waals surface area (Å²) >= 11 is 0. The van der Waals surface area contributed by atoms with Gasteiger partial charge in [0.2, 0.25) is 0 Å². The molecule has 2 heteroatoms. The van der Waals surface area contributed by atoms with Crippen LogP contribution >= 0.6 is 0 Å². The predicted octanol–water partition coefficient (Wildman–Crippen LogP) is 0.972. The van der Waals surface area contributed by atoms with Gasteiger partial charge in [-0.15, -0.1) is 0 Å². The Morgan fingerprint density at radius 1 is 2.29 bits per heavy atom. The minimum absolute atomic E-state index is 0.164. The fraction of sp³-hybridized carbons (Fsp3) is 0.400. The zero-order valence-electron chi connectivity index (χ0n) is 8.60. The highest BCUT2D eigenvalue weighted by Crippen LogP contribution is 1.85. The van der Waals surface area contributed by atoms with Gasteiger partial charge in [0.15, 0.2) is 0 Å². The van der Waals surface area contributed by atoms with Crippen LogP contribution in [-0.2, 0) is 6.37 Å². The molecule has 2 nitrogen and oxygen atoms in total. The SMILES string of the molecule is [2H]C([2H])([2H])C([2H])([2H])c1ncc[nH]1. The van der Waals surface area contributed by atoms with E-state index in [1.54, 1.807) is 0 Å². The topological polar surface area (TPSA) is 28.7 Å². The van der Waals surface area contributed by atoms with E-state index in [0.717, 1.165) is 0 Å². The van der Waals surface area contributed by atoms with Crippen molar-refractivity contribution >= 4 is 0 Å². The molecule has 0 radical (unpaired) electrons. The molecule has 0 bridgehead atoms. The normalized spacial score (nSPS) is 23.7. The first-order chi connectivity index (χ1) is 5.36. The van der Waals surface area contributed by atoms with Crippen LogP contribution in [0.3, 0.4) is 0 Å². The van der Waals surface area contributed by atoms with Crippen LogP contribution in [-0.4, -0.2) is 9.97 Å². The van der Waals surface area contributed by atoms with Crippen molar-refractivity contribution in [2.45, 2.75) is 13.2 Å². The van der Waals surface area contributed by atoms with Gasteiger partial charge in [0, 0.05) is 25.6 Å². The summed E-state index contributed by atoms with van der Waals surface area (Å²) in [6.07, 6.45) is 0.300. The molecule has 1 rings (SSSR count). The molecule has 0 aliphatic carbocycles. The molecule has 0 saturated carbocycles. The molecule has 7 heavy (non-hydrogen) atoms. The molecule has 1 aromatic rings. The number of nitrogens with one attached hydrogen (secondary N) is 1. The molecular weight excluding hydrogens is 88.1 g/mol. The number of aryl methyl sites for hydroxylation is 1. The van der Waals surface area contributed by atoms with E-state index in [9.17, 15) is 0 Å². The standard InChI is InChI=1S/C5H8N2/c1-2-5-6-3-4-7-5/h3-4H,2H2,1H3,(H,6,7)/i1D3,2D2. The highest BCUT2D eigenvalue weighted by Gasteiger charge is 1.82. The van der Waals surface area contributed by atoms with Crippen LogP contribution in [0.15, 0.2) is 12.4 Å². The number of H-pyrrole nitrogens is 1. The number of imidazole rings is 1. The van der Waals surface area contributed by atoms with Crippen LogP contribution in [0.1, 0.15) is 19.5 Å². The summed E-state index contributed by atoms with van der Waals surface area (Å²) in [5.41, 5.74) is 0. The second kappa shape index (κ2) is 1.78. The van der Waals surface area contributed by atoms with Gasteiger partial charge < -0.3 is 4.98 Å². The van der Waals surface area contributed by atoms with Crippen LogP contribution in [0.2, 0.25) is 0 Å². The number of nitrogens with zero attached hydrogens (tertiary/aromatic N) is 1. The predicted molar refractivity (Wildman–Crippen MR) is 28.0 cm³/mol. The van der Waals surface area contributed by atoms with Crippen molar-refractivity contribution in [3.8, 4) is 0 Å². The van der Waals surface area contributed by atoms with Gasteiger partial charge in [-0.2, -0.15) is 0 Å². The monoisotopic (exact) mass is 101 g/mol. The Morgan fingerprint density at radius 2 is 3.29 bits per heavy atom. The highest BCUT2D eigenvalue weighted by atomic mass is 14.9. The lowest BCUT2D eigenvalue weighted by Crippen LogP contribution is -1.78. The van der Waals surface area contributed by atoms with Crippen molar-refractivity contribution in [1.82, 2.24) is 9.97 Å². The minimum Gasteiger partial charge on any atom is -0.349 e. The van der Waals surface area contributed by atoms with E-state index >= 15 is 0 Å². The van der Waals surface area contributed by atoms with Gasteiger partial charge in [-0.05, 0) is 0 Å². The van der Waals surface area contributed by atoms with Crippen molar-refractivity contribution in [2.75, 3.05) is 0 Å². The Kier molecular flexibility index (Phi) is 0.340. The molecule has 0 amide bonds. The summed E-state index contributed by atoms with van der Waals surface area (Å²) in [5.74, 6) is -0.164. The highest BCUT2D eigenvalue weighted by molar-refractivity contribution is 4.84. The average Bonchev–Trinajstić information content (AvgIpc) is 2.34. The number of aromatic amines is 1. The zero-order valence-corrected chi connectivity index (χ0v) is 3.60. The lowest BCUT2D eigenvalue weighted by atomic mass is 10.5. The molecule has 38 valence electrons. The van der Waals surface area contributed by atoms with Crippen molar-refractivity contribution in [2.24, 2.45) is 0 Å². The maximum Gasteiger partial charge on any atom is 0.105 e. The van der Waals surface area contributed by atoms with Crippen molar-refractivity contribution in [3.05, 3.63) is 18.2 Å². The van der Waals surface area contributed by atoms with Crippen LogP contribution in [0.5, 0.6) is 0 Å². The molecule has 0 saturated heterocycles. The van der Waals surface area contributed by atoms with Gasteiger partial charge in [-0.1, -0.05) is 6.85 Å². The quantitative estimate of drug-likeness (QED) is 0.561. The van der Waals surface area contributed by atoms with Gasteiger partial charge in [-0.25, -0.2) is 4.98 Å². The van der Waals surface area contributed by atoms with Crippen LogP contribution in [0.4, 0.5) is 0 Å². The lowest BCUT2D eigenvalue weighted by molar-refractivity contribution is 0.990. The molecule has 0 aromatic carbocycles. The Labute approximate surface area is 49.6 Å². The molecule has 0 atom stereocenters. The molecule has 0 spiro atoms. The van der Waals surface area contributed by atoms with Gasteiger partial charge in [-0.3, -0.25) is 0 Å². The molecule has 1 heterocycles. The lowest BCUT2D eigenvalue weighted by Gasteiger charge is -1.79. The van der Waals surface area contributed by atoms with Crippen molar-refractivity contribution < 1.29 is 6.85 Å². The summed E-state index contributed by atoms with van der Waals surface area (Å²) < 4.78 is 35.2. The summed E-state index contributed by atoms with van der Waals surface area (Å²) in [5, 5.41) is 0. The molecule has 0 aliphatic heterocycles. The maximum atomic E-state index is 7.25. The van der Waals surface area contributed by atoms with Crippen LogP contribution in [0, 0.1) is 0 Å². The van der Waals surface area contributed by atoms with Crippen LogP contribution < -0.4 is 0 Å².